The van der Waals surface area contributed by atoms with Crippen LogP contribution < -0.4 is 15.5 Å². The number of benzene rings is 2. The number of nitrogens with zero attached hydrogens (tertiary/aromatic N) is 5. The van der Waals surface area contributed by atoms with Crippen LogP contribution in [0.4, 0.5) is 36.3 Å². The molecular weight excluding hydrogens is 640 g/mol. The van der Waals surface area contributed by atoms with E-state index in [-0.39, 0.29) is 41.3 Å². The summed E-state index contributed by atoms with van der Waals surface area (Å²) >= 11 is 0.968. The lowest BCUT2D eigenvalue weighted by Gasteiger charge is -2.40. The molecule has 0 unspecified atom stereocenters. The number of hydrogen-bond donors (Lipinski definition) is 2. The normalized spacial score (nSPS) is 17.6. The number of anilines is 1. The zero-order valence-electron chi connectivity index (χ0n) is 24.8. The number of hydrogen-bond acceptors (Lipinski definition) is 9. The first kappa shape index (κ1) is 33.2. The van der Waals surface area contributed by atoms with E-state index in [2.05, 4.69) is 15.2 Å². The van der Waals surface area contributed by atoms with Crippen molar-refractivity contribution in [3.05, 3.63) is 74.1 Å². The Kier molecular flexibility index (Phi) is 8.81. The molecule has 246 valence electrons. The average molecular weight is 670 g/mol. The number of thiazole rings is 1. The zero-order chi connectivity index (χ0) is 33.6. The number of amides is 1. The number of piperazine rings is 1. The van der Waals surface area contributed by atoms with Gasteiger partial charge in [0.2, 0.25) is 5.88 Å². The standard InChI is InChI=1S/C30H29F6N5O4S/c1-28(2,3)45-27(44)41-9-8-40(14-20(41)15-42)26-38-25(43)24(46-26)21(16-5-7-23-18(10-16)13-37-39-23)11-17-4-6-19(29(31,32)33)12-22(17)30(34,35)36/h4-7,10,12-13,20,42-43H,8-9,11,14-15H2,1-3H3/t20-/m1/s1. The van der Waals surface area contributed by atoms with Gasteiger partial charge in [-0.1, -0.05) is 23.5 Å². The van der Waals surface area contributed by atoms with Gasteiger partial charge in [0.05, 0.1) is 40.2 Å². The fourth-order valence-electron chi connectivity index (χ4n) is 5.14. The molecular formula is C30H29F6N5O4S. The minimum Gasteiger partial charge on any atom is -0.492 e. The maximum atomic E-state index is 14.1. The fourth-order valence-corrected chi connectivity index (χ4v) is 6.20. The van der Waals surface area contributed by atoms with Crippen molar-refractivity contribution in [2.24, 2.45) is 10.2 Å². The minimum absolute atomic E-state index is 0.0817. The smallest absolute Gasteiger partial charge is 0.416 e. The average Bonchev–Trinajstić information content (AvgIpc) is 3.59. The molecule has 1 atom stereocenters. The molecule has 1 saturated heterocycles. The quantitative estimate of drug-likeness (QED) is 0.381. The number of fused-ring (bicyclic) bond motifs is 1. The van der Waals surface area contributed by atoms with Crippen molar-refractivity contribution in [3.8, 4) is 5.88 Å². The third kappa shape index (κ3) is 7.12. The van der Waals surface area contributed by atoms with Gasteiger partial charge in [-0.3, -0.25) is 4.90 Å². The van der Waals surface area contributed by atoms with Crippen molar-refractivity contribution in [2.75, 3.05) is 31.1 Å². The lowest BCUT2D eigenvalue weighted by Crippen LogP contribution is -2.57. The van der Waals surface area contributed by atoms with Crippen molar-refractivity contribution in [2.45, 2.75) is 51.2 Å². The van der Waals surface area contributed by atoms with Crippen LogP contribution in [0.3, 0.4) is 0 Å². The summed E-state index contributed by atoms with van der Waals surface area (Å²) in [7, 11) is 0. The molecule has 3 aromatic rings. The number of carbonyl (C=O) groups is 1. The second-order valence-electron chi connectivity index (χ2n) is 11.7. The molecule has 1 fully saturated rings. The van der Waals surface area contributed by atoms with Crippen molar-refractivity contribution in [1.82, 2.24) is 9.88 Å². The van der Waals surface area contributed by atoms with Gasteiger partial charge in [-0.2, -0.15) is 41.5 Å². The van der Waals surface area contributed by atoms with E-state index in [9.17, 15) is 41.4 Å². The number of aromatic nitrogens is 1. The van der Waals surface area contributed by atoms with Crippen LogP contribution in [0.15, 0.2) is 46.6 Å². The number of rotatable bonds is 5. The second-order valence-corrected chi connectivity index (χ2v) is 12.7. The number of halogens is 6. The highest BCUT2D eigenvalue weighted by Gasteiger charge is 2.39. The van der Waals surface area contributed by atoms with E-state index >= 15 is 0 Å². The molecule has 2 aliphatic heterocycles. The van der Waals surface area contributed by atoms with Crippen LogP contribution in [0.1, 0.15) is 47.9 Å². The van der Waals surface area contributed by atoms with Crippen molar-refractivity contribution in [3.63, 3.8) is 0 Å². The largest absolute Gasteiger partial charge is 0.492 e. The molecule has 0 aliphatic carbocycles. The lowest BCUT2D eigenvalue weighted by atomic mass is 9.94. The van der Waals surface area contributed by atoms with Gasteiger partial charge in [-0.25, -0.2) is 4.79 Å². The summed E-state index contributed by atoms with van der Waals surface area (Å²) in [6.07, 6.45) is -9.74. The molecule has 0 radical (unpaired) electrons. The highest BCUT2D eigenvalue weighted by Crippen LogP contribution is 2.41. The zero-order valence-corrected chi connectivity index (χ0v) is 25.6. The predicted octanol–water partition coefficient (Wildman–Crippen LogP) is 4.71. The van der Waals surface area contributed by atoms with E-state index in [1.807, 2.05) is 0 Å². The first-order valence-corrected chi connectivity index (χ1v) is 14.8. The molecule has 1 aromatic heterocycles. The summed E-state index contributed by atoms with van der Waals surface area (Å²) in [5, 5.41) is 30.0. The Balaban J connectivity index is 1.55. The predicted molar refractivity (Wildman–Crippen MR) is 157 cm³/mol. The van der Waals surface area contributed by atoms with E-state index in [0.29, 0.717) is 22.2 Å². The van der Waals surface area contributed by atoms with E-state index in [4.69, 9.17) is 4.74 Å². The summed E-state index contributed by atoms with van der Waals surface area (Å²) < 4.78 is 87.8. The highest BCUT2D eigenvalue weighted by atomic mass is 32.1. The third-order valence-electron chi connectivity index (χ3n) is 7.31. The van der Waals surface area contributed by atoms with E-state index in [1.165, 1.54) is 11.1 Å². The van der Waals surface area contributed by atoms with E-state index in [0.717, 1.165) is 17.4 Å². The Labute approximate surface area is 262 Å². The maximum Gasteiger partial charge on any atom is 0.416 e. The van der Waals surface area contributed by atoms with Gasteiger partial charge in [-0.05, 0) is 61.4 Å². The molecule has 2 aliphatic rings. The summed E-state index contributed by atoms with van der Waals surface area (Å²) in [6.45, 7) is 5.26. The Morgan fingerprint density at radius 3 is 2.43 bits per heavy atom. The van der Waals surface area contributed by atoms with Gasteiger partial charge >= 0.3 is 18.4 Å². The van der Waals surface area contributed by atoms with Gasteiger partial charge in [0.25, 0.3) is 0 Å². The summed E-state index contributed by atoms with van der Waals surface area (Å²) in [5.41, 5.74) is -3.34. The van der Waals surface area contributed by atoms with Crippen molar-refractivity contribution < 1.29 is 46.1 Å². The Bertz CT molecular complexity index is 1800. The summed E-state index contributed by atoms with van der Waals surface area (Å²) in [4.78, 5) is 20.2. The molecule has 2 aromatic carbocycles. The maximum absolute atomic E-state index is 14.1. The monoisotopic (exact) mass is 669 g/mol. The van der Waals surface area contributed by atoms with Gasteiger partial charge in [0, 0.05) is 31.6 Å². The minimum atomic E-state index is -5.10. The Morgan fingerprint density at radius 2 is 1.78 bits per heavy atom. The first-order chi connectivity index (χ1) is 21.4. The molecule has 2 N–H and O–H groups in total. The summed E-state index contributed by atoms with van der Waals surface area (Å²) in [5.74, 6) is -0.496. The van der Waals surface area contributed by atoms with Gasteiger partial charge in [0.15, 0.2) is 5.13 Å². The number of alkyl halides is 6. The molecule has 5 rings (SSSR count). The number of aliphatic hydroxyl groups excluding tert-OH is 1. The second kappa shape index (κ2) is 12.2. The van der Waals surface area contributed by atoms with Crippen LogP contribution in [-0.4, -0.2) is 70.3 Å². The van der Waals surface area contributed by atoms with Crippen molar-refractivity contribution >= 4 is 34.3 Å². The number of aromatic hydroxyl groups is 1. The molecule has 46 heavy (non-hydrogen) atoms. The van der Waals surface area contributed by atoms with Crippen LogP contribution in [0.2, 0.25) is 0 Å². The van der Waals surface area contributed by atoms with Crippen LogP contribution >= 0.6 is 11.3 Å². The number of carbonyl (C=O) groups excluding carboxylic acids is 1. The lowest BCUT2D eigenvalue weighted by molar-refractivity contribution is -0.143. The van der Waals surface area contributed by atoms with Gasteiger partial charge in [0.1, 0.15) is 5.60 Å². The fraction of sp³-hybridized carbons (Fsp3) is 0.400. The van der Waals surface area contributed by atoms with Gasteiger partial charge < -0.3 is 19.8 Å². The first-order valence-electron chi connectivity index (χ1n) is 14.0. The van der Waals surface area contributed by atoms with Crippen LogP contribution in [-0.2, 0) is 23.5 Å². The molecule has 1 amide bonds. The molecule has 3 heterocycles. The molecule has 9 nitrogen and oxygen atoms in total. The van der Waals surface area contributed by atoms with E-state index < -0.39 is 65.7 Å². The SMILES string of the molecule is CC(C)(C)OC(=O)N1CCN(c2nc(O)c(C(Cc3ccc(C(F)(F)F)cc3C(F)(F)F)=c3ccc4c(c3)C=NN=4)s2)C[C@@H]1CO. The molecule has 0 spiro atoms. The van der Waals surface area contributed by atoms with Crippen LogP contribution in [0, 0.1) is 0 Å². The Hall–Kier alpha value is -4.18. The number of aliphatic hydroxyl groups is 1. The van der Waals surface area contributed by atoms with E-state index in [1.54, 1.807) is 43.9 Å². The topological polar surface area (TPSA) is 111 Å². The summed E-state index contributed by atoms with van der Waals surface area (Å²) in [6, 6.07) is 5.56. The van der Waals surface area contributed by atoms with Crippen molar-refractivity contribution in [1.29, 1.82) is 0 Å². The van der Waals surface area contributed by atoms with Crippen LogP contribution in [0.5, 0.6) is 5.88 Å². The van der Waals surface area contributed by atoms with Crippen LogP contribution in [0.25, 0.3) is 5.57 Å². The molecule has 0 saturated carbocycles. The number of ether oxygens (including phenoxy) is 1. The van der Waals surface area contributed by atoms with Gasteiger partial charge in [-0.15, -0.1) is 0 Å². The Morgan fingerprint density at radius 1 is 1.04 bits per heavy atom. The molecule has 16 heteroatoms. The highest BCUT2D eigenvalue weighted by molar-refractivity contribution is 7.17. The molecule has 0 bridgehead atoms. The third-order valence-corrected chi connectivity index (χ3v) is 8.48.